The topological polar surface area (TPSA) is 74.1 Å². The van der Waals surface area contributed by atoms with Crippen LogP contribution in [0.5, 0.6) is 11.5 Å². The molecule has 1 aromatic carbocycles. The van der Waals surface area contributed by atoms with E-state index in [4.69, 9.17) is 21.1 Å². The lowest BCUT2D eigenvalue weighted by molar-refractivity contribution is 0.326. The van der Waals surface area contributed by atoms with Gasteiger partial charge in [0.25, 0.3) is 0 Å². The lowest BCUT2D eigenvalue weighted by Crippen LogP contribution is -2.09. The largest absolute Gasteiger partial charge is 0.493 e. The van der Waals surface area contributed by atoms with Crippen LogP contribution in [0.15, 0.2) is 24.8 Å². The number of aromatic nitrogens is 4. The molecule has 2 rings (SSSR count). The Bertz CT molecular complexity index is 674. The van der Waals surface area contributed by atoms with E-state index in [9.17, 15) is 0 Å². The molecule has 0 fully saturated rings. The fraction of sp³-hybridized carbons (Fsp3) is 0.438. The summed E-state index contributed by atoms with van der Waals surface area (Å²) >= 11 is 6.30. The molecule has 2 aromatic rings. The highest BCUT2D eigenvalue weighted by Crippen LogP contribution is 2.36. The monoisotopic (exact) mass is 351 g/mol. The summed E-state index contributed by atoms with van der Waals surface area (Å²) in [7, 11) is 1.58. The zero-order valence-electron chi connectivity index (χ0n) is 14.0. The van der Waals surface area contributed by atoms with Crippen LogP contribution in [0.1, 0.15) is 25.3 Å². The molecular weight excluding hydrogens is 330 g/mol. The molecule has 130 valence electrons. The molecule has 0 bridgehead atoms. The van der Waals surface area contributed by atoms with Gasteiger partial charge in [-0.3, -0.25) is 0 Å². The Morgan fingerprint density at radius 3 is 2.96 bits per heavy atom. The number of hydrogen-bond donors (Lipinski definition) is 1. The van der Waals surface area contributed by atoms with Crippen molar-refractivity contribution in [2.24, 2.45) is 0 Å². The van der Waals surface area contributed by atoms with Gasteiger partial charge in [0.05, 0.1) is 12.1 Å². The average Bonchev–Trinajstić information content (AvgIpc) is 3.04. The van der Waals surface area contributed by atoms with Crippen LogP contribution in [-0.4, -0.2) is 33.9 Å². The lowest BCUT2D eigenvalue weighted by atomic mass is 10.2. The van der Waals surface area contributed by atoms with Crippen LogP contribution in [0.2, 0.25) is 5.02 Å². The molecule has 0 spiro atoms. The molecule has 0 amide bonds. The molecule has 8 heteroatoms. The van der Waals surface area contributed by atoms with Crippen molar-refractivity contribution in [3.05, 3.63) is 35.4 Å². The number of unbranched alkanes of at least 4 members (excludes halogenated alkanes) is 1. The Hall–Kier alpha value is -2.28. The second kappa shape index (κ2) is 9.12. The molecule has 0 saturated carbocycles. The van der Waals surface area contributed by atoms with Gasteiger partial charge in [-0.05, 0) is 34.5 Å². The maximum Gasteiger partial charge on any atom is 0.243 e. The van der Waals surface area contributed by atoms with Crippen molar-refractivity contribution in [1.29, 1.82) is 0 Å². The summed E-state index contributed by atoms with van der Waals surface area (Å²) in [4.78, 5) is 0. The third-order valence-corrected chi connectivity index (χ3v) is 3.62. The summed E-state index contributed by atoms with van der Waals surface area (Å²) in [5, 5.41) is 15.4. The van der Waals surface area contributed by atoms with Gasteiger partial charge in [-0.25, -0.2) is 4.68 Å². The number of halogens is 1. The van der Waals surface area contributed by atoms with E-state index in [1.54, 1.807) is 17.9 Å². The predicted molar refractivity (Wildman–Crippen MR) is 93.7 cm³/mol. The van der Waals surface area contributed by atoms with Crippen molar-refractivity contribution >= 4 is 17.5 Å². The first-order chi connectivity index (χ1) is 11.7. The zero-order valence-corrected chi connectivity index (χ0v) is 14.7. The number of benzene rings is 1. The number of aryl methyl sites for hydroxylation is 1. The first-order valence-electron chi connectivity index (χ1n) is 7.79. The quantitative estimate of drug-likeness (QED) is 0.662. The van der Waals surface area contributed by atoms with Crippen LogP contribution in [0.3, 0.4) is 0 Å². The predicted octanol–water partition coefficient (Wildman–Crippen LogP) is 3.31. The molecule has 0 radical (unpaired) electrons. The normalized spacial score (nSPS) is 10.5. The van der Waals surface area contributed by atoms with E-state index in [0.717, 1.165) is 24.9 Å². The molecule has 1 aromatic heterocycles. The average molecular weight is 352 g/mol. The number of rotatable bonds is 10. The number of nitrogens with zero attached hydrogens (tertiary/aromatic N) is 4. The molecule has 0 atom stereocenters. The summed E-state index contributed by atoms with van der Waals surface area (Å²) in [5.74, 6) is 1.72. The van der Waals surface area contributed by atoms with Gasteiger partial charge in [0.1, 0.15) is 6.61 Å². The maximum absolute atomic E-state index is 6.30. The fourth-order valence-electron chi connectivity index (χ4n) is 2.13. The maximum atomic E-state index is 6.30. The van der Waals surface area contributed by atoms with Gasteiger partial charge in [0.2, 0.25) is 5.95 Å². The Kier molecular flexibility index (Phi) is 6.87. The smallest absolute Gasteiger partial charge is 0.243 e. The van der Waals surface area contributed by atoms with Gasteiger partial charge in [-0.1, -0.05) is 42.7 Å². The molecule has 0 unspecified atom stereocenters. The first-order valence-corrected chi connectivity index (χ1v) is 8.17. The Labute approximate surface area is 146 Å². The van der Waals surface area contributed by atoms with Crippen LogP contribution in [0.25, 0.3) is 0 Å². The Morgan fingerprint density at radius 1 is 1.42 bits per heavy atom. The van der Waals surface area contributed by atoms with Gasteiger partial charge < -0.3 is 14.8 Å². The number of tetrazole rings is 1. The molecule has 7 nitrogen and oxygen atoms in total. The van der Waals surface area contributed by atoms with Crippen molar-refractivity contribution in [1.82, 2.24) is 20.2 Å². The van der Waals surface area contributed by atoms with E-state index in [1.807, 2.05) is 12.1 Å². The summed E-state index contributed by atoms with van der Waals surface area (Å²) in [6.07, 6.45) is 3.76. The highest BCUT2D eigenvalue weighted by atomic mass is 35.5. The second-order valence-corrected chi connectivity index (χ2v) is 5.55. The number of hydrogen-bond acceptors (Lipinski definition) is 6. The van der Waals surface area contributed by atoms with Crippen molar-refractivity contribution in [2.45, 2.75) is 32.9 Å². The lowest BCUT2D eigenvalue weighted by Gasteiger charge is -2.14. The second-order valence-electron chi connectivity index (χ2n) is 5.14. The molecule has 0 saturated heterocycles. The van der Waals surface area contributed by atoms with E-state index < -0.39 is 0 Å². The van der Waals surface area contributed by atoms with Crippen LogP contribution in [-0.2, 0) is 13.1 Å². The Morgan fingerprint density at radius 2 is 2.25 bits per heavy atom. The van der Waals surface area contributed by atoms with Gasteiger partial charge in [0.15, 0.2) is 11.5 Å². The first kappa shape index (κ1) is 18.1. The molecule has 1 N–H and O–H groups in total. The Balaban J connectivity index is 2.09. The summed E-state index contributed by atoms with van der Waals surface area (Å²) in [6.45, 7) is 7.41. The molecule has 0 aliphatic heterocycles. The van der Waals surface area contributed by atoms with Gasteiger partial charge in [-0.2, -0.15) is 0 Å². The van der Waals surface area contributed by atoms with Crippen LogP contribution in [0, 0.1) is 0 Å². The number of nitrogens with one attached hydrogen (secondary N) is 1. The third-order valence-electron chi connectivity index (χ3n) is 3.34. The zero-order chi connectivity index (χ0) is 17.4. The minimum absolute atomic E-state index is 0.361. The van der Waals surface area contributed by atoms with E-state index in [1.165, 1.54) is 0 Å². The summed E-state index contributed by atoms with van der Waals surface area (Å²) < 4.78 is 12.7. The molecule has 0 aliphatic rings. The van der Waals surface area contributed by atoms with Crippen LogP contribution in [0.4, 0.5) is 5.95 Å². The summed E-state index contributed by atoms with van der Waals surface area (Å²) in [5.41, 5.74) is 0.938. The standard InChI is InChI=1S/C16H22ClN5O2/c1-4-6-7-22-16(19-20-21-22)18-11-12-9-13(17)15(24-8-5-2)14(10-12)23-3/h5,9-10H,2,4,6-8,11H2,1,3H3,(H,18,19,21). The van der Waals surface area contributed by atoms with E-state index in [2.05, 4.69) is 34.3 Å². The van der Waals surface area contributed by atoms with Gasteiger partial charge in [0, 0.05) is 13.1 Å². The highest BCUT2D eigenvalue weighted by molar-refractivity contribution is 6.32. The number of ether oxygens (including phenoxy) is 2. The minimum Gasteiger partial charge on any atom is -0.493 e. The molecule has 24 heavy (non-hydrogen) atoms. The van der Waals surface area contributed by atoms with E-state index in [-0.39, 0.29) is 0 Å². The van der Waals surface area contributed by atoms with Crippen molar-refractivity contribution in [2.75, 3.05) is 19.0 Å². The van der Waals surface area contributed by atoms with Crippen molar-refractivity contribution in [3.8, 4) is 11.5 Å². The molecule has 0 aliphatic carbocycles. The molecular formula is C16H22ClN5O2. The molecule has 1 heterocycles. The fourth-order valence-corrected chi connectivity index (χ4v) is 2.42. The number of anilines is 1. The van der Waals surface area contributed by atoms with E-state index >= 15 is 0 Å². The van der Waals surface area contributed by atoms with E-state index in [0.29, 0.717) is 35.6 Å². The van der Waals surface area contributed by atoms with Crippen molar-refractivity contribution in [3.63, 3.8) is 0 Å². The van der Waals surface area contributed by atoms with Gasteiger partial charge in [-0.15, -0.1) is 0 Å². The van der Waals surface area contributed by atoms with Crippen LogP contribution >= 0.6 is 11.6 Å². The van der Waals surface area contributed by atoms with Crippen molar-refractivity contribution < 1.29 is 9.47 Å². The highest BCUT2D eigenvalue weighted by Gasteiger charge is 2.12. The third kappa shape index (κ3) is 4.61. The SMILES string of the molecule is C=CCOc1c(Cl)cc(CNc2nnnn2CCCC)cc1OC. The summed E-state index contributed by atoms with van der Waals surface area (Å²) in [6, 6.07) is 3.70. The minimum atomic E-state index is 0.361. The van der Waals surface area contributed by atoms with Gasteiger partial charge >= 0.3 is 0 Å². The van der Waals surface area contributed by atoms with Crippen LogP contribution < -0.4 is 14.8 Å². The number of methoxy groups -OCH3 is 1.